The predicted octanol–water partition coefficient (Wildman–Crippen LogP) is 3.04. The number of guanidine groups is 1. The van der Waals surface area contributed by atoms with Gasteiger partial charge in [0.05, 0.1) is 19.4 Å². The van der Waals surface area contributed by atoms with Crippen LogP contribution in [0.2, 0.25) is 0 Å². The van der Waals surface area contributed by atoms with E-state index >= 15 is 0 Å². The van der Waals surface area contributed by atoms with Crippen LogP contribution in [0.15, 0.2) is 52.2 Å². The molecular formula is C21H28N4O2. The highest BCUT2D eigenvalue weighted by atomic mass is 16.5. The van der Waals surface area contributed by atoms with Gasteiger partial charge in [0, 0.05) is 43.7 Å². The van der Waals surface area contributed by atoms with Crippen LogP contribution < -0.4 is 10.6 Å². The highest BCUT2D eigenvalue weighted by molar-refractivity contribution is 5.86. The van der Waals surface area contributed by atoms with E-state index in [1.54, 1.807) is 13.4 Å². The lowest BCUT2D eigenvalue weighted by Crippen LogP contribution is -2.39. The van der Waals surface area contributed by atoms with E-state index in [2.05, 4.69) is 51.9 Å². The van der Waals surface area contributed by atoms with Crippen molar-refractivity contribution in [3.05, 3.63) is 59.7 Å². The second-order valence-electron chi connectivity index (χ2n) is 6.47. The Hall–Kier alpha value is -2.73. The Morgan fingerprint density at radius 1 is 1.15 bits per heavy atom. The summed E-state index contributed by atoms with van der Waals surface area (Å²) in [4.78, 5) is 7.92. The molecule has 0 atom stereocenters. The molecule has 0 bridgehead atoms. The van der Waals surface area contributed by atoms with Gasteiger partial charge in [-0.15, -0.1) is 0 Å². The topological polar surface area (TPSA) is 74.6 Å². The van der Waals surface area contributed by atoms with Crippen LogP contribution in [0.1, 0.15) is 16.9 Å². The molecule has 0 spiro atoms. The molecule has 0 unspecified atom stereocenters. The number of fused-ring (bicyclic) bond motifs is 1. The van der Waals surface area contributed by atoms with Gasteiger partial charge in [0.15, 0.2) is 5.96 Å². The largest absolute Gasteiger partial charge is 0.469 e. The van der Waals surface area contributed by atoms with Crippen molar-refractivity contribution in [1.29, 1.82) is 0 Å². The lowest BCUT2D eigenvalue weighted by molar-refractivity contribution is 0.208. The zero-order valence-electron chi connectivity index (χ0n) is 16.0. The number of aliphatic imine (C=N–C) groups is 1. The molecule has 3 aromatic rings. The number of H-pyrrole nitrogens is 1. The third kappa shape index (κ3) is 5.37. The van der Waals surface area contributed by atoms with Gasteiger partial charge in [-0.1, -0.05) is 12.1 Å². The summed E-state index contributed by atoms with van der Waals surface area (Å²) in [5, 5.41) is 8.10. The van der Waals surface area contributed by atoms with Crippen molar-refractivity contribution in [3.63, 3.8) is 0 Å². The van der Waals surface area contributed by atoms with E-state index in [9.17, 15) is 0 Å². The van der Waals surface area contributed by atoms with Crippen molar-refractivity contribution in [1.82, 2.24) is 15.6 Å². The van der Waals surface area contributed by atoms with E-state index in [0.29, 0.717) is 13.2 Å². The van der Waals surface area contributed by atoms with Crippen LogP contribution in [0.4, 0.5) is 0 Å². The standard InChI is InChI=1S/C21H28N4O2/c1-16-5-3-7-19-20(16)17(15-25-19)8-10-22-21(24-12-14-26-2)23-11-9-18-6-4-13-27-18/h3-7,13,15,25H,8-12,14H2,1-2H3,(H2,22,23,24). The summed E-state index contributed by atoms with van der Waals surface area (Å²) < 4.78 is 10.5. The molecule has 6 nitrogen and oxygen atoms in total. The van der Waals surface area contributed by atoms with Crippen LogP contribution >= 0.6 is 0 Å². The van der Waals surface area contributed by atoms with Crippen LogP contribution in [0.3, 0.4) is 0 Å². The van der Waals surface area contributed by atoms with Gasteiger partial charge in [0.2, 0.25) is 0 Å². The maximum absolute atomic E-state index is 5.37. The molecular weight excluding hydrogens is 340 g/mol. The average molecular weight is 368 g/mol. The van der Waals surface area contributed by atoms with E-state index in [-0.39, 0.29) is 0 Å². The second-order valence-corrected chi connectivity index (χ2v) is 6.47. The number of rotatable bonds is 9. The van der Waals surface area contributed by atoms with Crippen LogP contribution in [0, 0.1) is 6.92 Å². The number of aromatic nitrogens is 1. The van der Waals surface area contributed by atoms with Crippen LogP contribution in [0.5, 0.6) is 0 Å². The smallest absolute Gasteiger partial charge is 0.191 e. The van der Waals surface area contributed by atoms with E-state index in [4.69, 9.17) is 9.15 Å². The highest BCUT2D eigenvalue weighted by Crippen LogP contribution is 2.22. The number of methoxy groups -OCH3 is 1. The molecule has 27 heavy (non-hydrogen) atoms. The fraction of sp³-hybridized carbons (Fsp3) is 0.381. The Kier molecular flexibility index (Phi) is 6.93. The molecule has 1 aromatic carbocycles. The molecule has 0 saturated heterocycles. The summed E-state index contributed by atoms with van der Waals surface area (Å²) in [6.45, 7) is 4.95. The minimum Gasteiger partial charge on any atom is -0.469 e. The fourth-order valence-electron chi connectivity index (χ4n) is 3.15. The maximum Gasteiger partial charge on any atom is 0.191 e. The number of aryl methyl sites for hydroxylation is 1. The summed E-state index contributed by atoms with van der Waals surface area (Å²) in [7, 11) is 1.69. The number of hydrogen-bond acceptors (Lipinski definition) is 3. The van der Waals surface area contributed by atoms with E-state index in [0.717, 1.165) is 37.7 Å². The molecule has 0 radical (unpaired) electrons. The minimum atomic E-state index is 0.604. The quantitative estimate of drug-likeness (QED) is 0.308. The molecule has 0 fully saturated rings. The van der Waals surface area contributed by atoms with Crippen LogP contribution in [-0.4, -0.2) is 44.3 Å². The van der Waals surface area contributed by atoms with Gasteiger partial charge in [-0.25, -0.2) is 0 Å². The number of nitrogens with zero attached hydrogens (tertiary/aromatic N) is 1. The Bertz CT molecular complexity index is 852. The fourth-order valence-corrected chi connectivity index (χ4v) is 3.15. The molecule has 6 heteroatoms. The third-order valence-electron chi connectivity index (χ3n) is 4.49. The first-order chi connectivity index (χ1) is 13.3. The highest BCUT2D eigenvalue weighted by Gasteiger charge is 2.06. The summed E-state index contributed by atoms with van der Waals surface area (Å²) in [5.41, 5.74) is 3.81. The van der Waals surface area contributed by atoms with Crippen molar-refractivity contribution < 1.29 is 9.15 Å². The number of nitrogens with one attached hydrogen (secondary N) is 3. The van der Waals surface area contributed by atoms with E-state index < -0.39 is 0 Å². The van der Waals surface area contributed by atoms with Gasteiger partial charge in [-0.2, -0.15) is 0 Å². The van der Waals surface area contributed by atoms with Gasteiger partial charge in [-0.05, 0) is 42.7 Å². The Labute approximate surface area is 160 Å². The molecule has 0 amide bonds. The van der Waals surface area contributed by atoms with Gasteiger partial charge in [0.1, 0.15) is 5.76 Å². The first-order valence-corrected chi connectivity index (χ1v) is 9.37. The average Bonchev–Trinajstić information content (AvgIpc) is 3.32. The molecule has 0 aliphatic carbocycles. The van der Waals surface area contributed by atoms with Crippen LogP contribution in [0.25, 0.3) is 10.9 Å². The molecule has 2 aromatic heterocycles. The number of ether oxygens (including phenoxy) is 1. The molecule has 0 aliphatic heterocycles. The van der Waals surface area contributed by atoms with Crippen molar-refractivity contribution >= 4 is 16.9 Å². The number of hydrogen-bond donors (Lipinski definition) is 3. The molecule has 2 heterocycles. The van der Waals surface area contributed by atoms with E-state index in [1.165, 1.54) is 22.0 Å². The van der Waals surface area contributed by atoms with Crippen molar-refractivity contribution in [2.45, 2.75) is 19.8 Å². The van der Waals surface area contributed by atoms with Crippen molar-refractivity contribution in [3.8, 4) is 0 Å². The SMILES string of the molecule is COCCN=C(NCCc1ccco1)NCCc1c[nH]c2cccc(C)c12. The minimum absolute atomic E-state index is 0.604. The first-order valence-electron chi connectivity index (χ1n) is 9.37. The van der Waals surface area contributed by atoms with Gasteiger partial charge < -0.3 is 24.8 Å². The molecule has 0 saturated carbocycles. The van der Waals surface area contributed by atoms with Gasteiger partial charge in [0.25, 0.3) is 0 Å². The summed E-state index contributed by atoms with van der Waals surface area (Å²) in [6.07, 6.45) is 5.55. The number of furan rings is 1. The van der Waals surface area contributed by atoms with Crippen molar-refractivity contribution in [2.75, 3.05) is 33.4 Å². The number of benzene rings is 1. The number of aromatic amines is 1. The lowest BCUT2D eigenvalue weighted by Gasteiger charge is -2.12. The Morgan fingerprint density at radius 3 is 2.78 bits per heavy atom. The van der Waals surface area contributed by atoms with Gasteiger partial charge in [-0.3, -0.25) is 4.99 Å². The first kappa shape index (κ1) is 19.0. The predicted molar refractivity (Wildman–Crippen MR) is 109 cm³/mol. The van der Waals surface area contributed by atoms with Gasteiger partial charge >= 0.3 is 0 Å². The monoisotopic (exact) mass is 368 g/mol. The third-order valence-corrected chi connectivity index (χ3v) is 4.49. The van der Waals surface area contributed by atoms with Crippen molar-refractivity contribution in [2.24, 2.45) is 4.99 Å². The maximum atomic E-state index is 5.37. The zero-order chi connectivity index (χ0) is 18.9. The summed E-state index contributed by atoms with van der Waals surface area (Å²) in [6, 6.07) is 10.2. The molecule has 3 rings (SSSR count). The second kappa shape index (κ2) is 9.83. The Balaban J connectivity index is 1.54. The zero-order valence-corrected chi connectivity index (χ0v) is 16.0. The van der Waals surface area contributed by atoms with E-state index in [1.807, 2.05) is 12.1 Å². The Morgan fingerprint density at radius 2 is 2.00 bits per heavy atom. The summed E-state index contributed by atoms with van der Waals surface area (Å²) >= 11 is 0. The molecule has 0 aliphatic rings. The normalized spacial score (nSPS) is 11.9. The lowest BCUT2D eigenvalue weighted by atomic mass is 10.1. The molecule has 144 valence electrons. The molecule has 3 N–H and O–H groups in total. The van der Waals surface area contributed by atoms with Crippen LogP contribution in [-0.2, 0) is 17.6 Å². The summed E-state index contributed by atoms with van der Waals surface area (Å²) in [5.74, 6) is 1.77.